The smallest absolute Gasteiger partial charge is 0.331 e. The van der Waals surface area contributed by atoms with E-state index in [4.69, 9.17) is 9.47 Å². The zero-order valence-corrected chi connectivity index (χ0v) is 14.9. The first-order valence-corrected chi connectivity index (χ1v) is 8.02. The highest BCUT2D eigenvalue weighted by Gasteiger charge is 2.16. The second-order valence-corrected chi connectivity index (χ2v) is 5.70. The molecule has 1 atom stereocenters. The zero-order chi connectivity index (χ0) is 19.1. The molecule has 0 radical (unpaired) electrons. The minimum Gasteiger partial charge on any atom is -0.504 e. The molecule has 0 saturated carbocycles. The number of methoxy groups -OCH3 is 1. The molecule has 136 valence electrons. The standard InChI is InChI=1S/C20H21NO5/c1-13-5-4-6-16(11-13)21-20(24)14(2)26-19(23)10-8-15-7-9-17(22)18(12-15)25-3/h4-12,14,22H,1-3H3,(H,21,24)/b10-8+. The monoisotopic (exact) mass is 355 g/mol. The number of rotatable bonds is 6. The Balaban J connectivity index is 1.92. The molecule has 0 aromatic heterocycles. The van der Waals surface area contributed by atoms with E-state index in [1.807, 2.05) is 25.1 Å². The SMILES string of the molecule is COc1cc(/C=C/C(=O)OC(C)C(=O)Nc2cccc(C)c2)ccc1O. The summed E-state index contributed by atoms with van der Waals surface area (Å²) < 4.78 is 10.1. The van der Waals surface area contributed by atoms with Gasteiger partial charge in [0.1, 0.15) is 0 Å². The van der Waals surface area contributed by atoms with Crippen molar-refractivity contribution in [1.82, 2.24) is 0 Å². The summed E-state index contributed by atoms with van der Waals surface area (Å²) >= 11 is 0. The van der Waals surface area contributed by atoms with Crippen molar-refractivity contribution in [3.63, 3.8) is 0 Å². The fourth-order valence-electron chi connectivity index (χ4n) is 2.20. The molecule has 0 fully saturated rings. The highest BCUT2D eigenvalue weighted by atomic mass is 16.5. The Kier molecular flexibility index (Phi) is 6.38. The number of benzene rings is 2. The summed E-state index contributed by atoms with van der Waals surface area (Å²) in [6, 6.07) is 12.0. The van der Waals surface area contributed by atoms with E-state index in [2.05, 4.69) is 5.32 Å². The summed E-state index contributed by atoms with van der Waals surface area (Å²) in [5, 5.41) is 12.2. The van der Waals surface area contributed by atoms with Gasteiger partial charge in [0, 0.05) is 11.8 Å². The van der Waals surface area contributed by atoms with Crippen molar-refractivity contribution in [3.05, 3.63) is 59.7 Å². The largest absolute Gasteiger partial charge is 0.504 e. The van der Waals surface area contributed by atoms with Crippen LogP contribution >= 0.6 is 0 Å². The predicted molar refractivity (Wildman–Crippen MR) is 99.1 cm³/mol. The number of ether oxygens (including phenoxy) is 2. The number of aryl methyl sites for hydroxylation is 1. The van der Waals surface area contributed by atoms with Crippen LogP contribution < -0.4 is 10.1 Å². The molecular weight excluding hydrogens is 334 g/mol. The van der Waals surface area contributed by atoms with Crippen LogP contribution in [0, 0.1) is 6.92 Å². The Morgan fingerprint density at radius 1 is 1.19 bits per heavy atom. The van der Waals surface area contributed by atoms with E-state index in [9.17, 15) is 14.7 Å². The maximum absolute atomic E-state index is 12.1. The number of phenols is 1. The third-order valence-corrected chi connectivity index (χ3v) is 3.56. The third-order valence-electron chi connectivity index (χ3n) is 3.56. The van der Waals surface area contributed by atoms with E-state index in [1.165, 1.54) is 32.3 Å². The van der Waals surface area contributed by atoms with Gasteiger partial charge in [-0.15, -0.1) is 0 Å². The van der Waals surface area contributed by atoms with E-state index in [1.54, 1.807) is 18.2 Å². The number of aromatic hydroxyl groups is 1. The molecule has 2 N–H and O–H groups in total. The maximum Gasteiger partial charge on any atom is 0.331 e. The van der Waals surface area contributed by atoms with Crippen molar-refractivity contribution in [2.45, 2.75) is 20.0 Å². The van der Waals surface area contributed by atoms with Crippen LogP contribution in [0.5, 0.6) is 11.5 Å². The lowest BCUT2D eigenvalue weighted by molar-refractivity contribution is -0.148. The minimum atomic E-state index is -0.943. The van der Waals surface area contributed by atoms with Gasteiger partial charge in [0.15, 0.2) is 17.6 Å². The van der Waals surface area contributed by atoms with Crippen molar-refractivity contribution in [2.24, 2.45) is 0 Å². The summed E-state index contributed by atoms with van der Waals surface area (Å²) in [6.45, 7) is 3.42. The molecule has 2 rings (SSSR count). The van der Waals surface area contributed by atoms with E-state index >= 15 is 0 Å². The van der Waals surface area contributed by atoms with E-state index < -0.39 is 18.0 Å². The minimum absolute atomic E-state index is 0.00803. The highest BCUT2D eigenvalue weighted by Crippen LogP contribution is 2.26. The van der Waals surface area contributed by atoms with Crippen molar-refractivity contribution in [3.8, 4) is 11.5 Å². The molecule has 0 bridgehead atoms. The van der Waals surface area contributed by atoms with Gasteiger partial charge in [-0.25, -0.2) is 4.79 Å². The molecule has 2 aromatic carbocycles. The Morgan fingerprint density at radius 2 is 1.96 bits per heavy atom. The van der Waals surface area contributed by atoms with Gasteiger partial charge < -0.3 is 19.9 Å². The van der Waals surface area contributed by atoms with Gasteiger partial charge in [0.05, 0.1) is 7.11 Å². The Hall–Kier alpha value is -3.28. The molecule has 6 heteroatoms. The molecule has 1 amide bonds. The second-order valence-electron chi connectivity index (χ2n) is 5.70. The molecule has 0 aliphatic heterocycles. The van der Waals surface area contributed by atoms with Gasteiger partial charge in [0.25, 0.3) is 5.91 Å². The van der Waals surface area contributed by atoms with E-state index in [-0.39, 0.29) is 5.75 Å². The molecule has 0 aliphatic rings. The molecule has 0 heterocycles. The number of nitrogens with one attached hydrogen (secondary N) is 1. The van der Waals surface area contributed by atoms with Crippen LogP contribution in [0.15, 0.2) is 48.5 Å². The molecule has 6 nitrogen and oxygen atoms in total. The first kappa shape index (κ1) is 19.1. The molecule has 0 spiro atoms. The van der Waals surface area contributed by atoms with Gasteiger partial charge in [-0.2, -0.15) is 0 Å². The first-order chi connectivity index (χ1) is 12.4. The van der Waals surface area contributed by atoms with Crippen LogP contribution in [0.3, 0.4) is 0 Å². The van der Waals surface area contributed by atoms with Gasteiger partial charge in [0.2, 0.25) is 0 Å². The molecule has 0 aliphatic carbocycles. The third kappa shape index (κ3) is 5.37. The van der Waals surface area contributed by atoms with E-state index in [0.717, 1.165) is 5.56 Å². The lowest BCUT2D eigenvalue weighted by Crippen LogP contribution is -2.29. The van der Waals surface area contributed by atoms with Crippen LogP contribution in [-0.2, 0) is 14.3 Å². The molecule has 1 unspecified atom stereocenters. The Labute approximate surface area is 152 Å². The number of phenolic OH excluding ortho intramolecular Hbond substituents is 1. The van der Waals surface area contributed by atoms with Crippen molar-refractivity contribution in [1.29, 1.82) is 0 Å². The number of anilines is 1. The summed E-state index contributed by atoms with van der Waals surface area (Å²) in [5.41, 5.74) is 2.30. The second kappa shape index (κ2) is 8.71. The van der Waals surface area contributed by atoms with Crippen molar-refractivity contribution in [2.75, 3.05) is 12.4 Å². The molecule has 0 saturated heterocycles. The van der Waals surface area contributed by atoms with E-state index in [0.29, 0.717) is 17.0 Å². The van der Waals surface area contributed by atoms with Crippen LogP contribution in [0.25, 0.3) is 6.08 Å². The quantitative estimate of drug-likeness (QED) is 0.613. The van der Waals surface area contributed by atoms with Crippen molar-refractivity contribution < 1.29 is 24.2 Å². The number of hydrogen-bond donors (Lipinski definition) is 2. The maximum atomic E-state index is 12.1. The van der Waals surface area contributed by atoms with Gasteiger partial charge in [-0.3, -0.25) is 4.79 Å². The van der Waals surface area contributed by atoms with Crippen LogP contribution in [0.2, 0.25) is 0 Å². The molecular formula is C20H21NO5. The van der Waals surface area contributed by atoms with Crippen LogP contribution in [-0.4, -0.2) is 30.2 Å². The summed E-state index contributed by atoms with van der Waals surface area (Å²) in [5.74, 6) is -0.757. The average Bonchev–Trinajstić information content (AvgIpc) is 2.61. The van der Waals surface area contributed by atoms with Gasteiger partial charge in [-0.1, -0.05) is 18.2 Å². The molecule has 26 heavy (non-hydrogen) atoms. The first-order valence-electron chi connectivity index (χ1n) is 8.02. The topological polar surface area (TPSA) is 84.9 Å². The normalized spacial score (nSPS) is 11.8. The van der Waals surface area contributed by atoms with Gasteiger partial charge in [-0.05, 0) is 55.3 Å². The fourth-order valence-corrected chi connectivity index (χ4v) is 2.20. The number of amides is 1. The molecule has 2 aromatic rings. The van der Waals surface area contributed by atoms with Crippen LogP contribution in [0.1, 0.15) is 18.1 Å². The summed E-state index contributed by atoms with van der Waals surface area (Å²) in [6.07, 6.45) is 1.78. The number of carbonyl (C=O) groups is 2. The highest BCUT2D eigenvalue weighted by molar-refractivity contribution is 5.96. The lowest BCUT2D eigenvalue weighted by Gasteiger charge is -2.12. The Bertz CT molecular complexity index is 829. The van der Waals surface area contributed by atoms with Gasteiger partial charge >= 0.3 is 5.97 Å². The predicted octanol–water partition coefficient (Wildman–Crippen LogP) is 3.29. The zero-order valence-electron chi connectivity index (χ0n) is 14.9. The number of esters is 1. The average molecular weight is 355 g/mol. The lowest BCUT2D eigenvalue weighted by atomic mass is 10.2. The fraction of sp³-hybridized carbons (Fsp3) is 0.200. The van der Waals surface area contributed by atoms with Crippen molar-refractivity contribution >= 4 is 23.6 Å². The number of carbonyl (C=O) groups excluding carboxylic acids is 2. The Morgan fingerprint density at radius 3 is 2.65 bits per heavy atom. The van der Waals surface area contributed by atoms with Crippen LogP contribution in [0.4, 0.5) is 5.69 Å². The summed E-state index contributed by atoms with van der Waals surface area (Å²) in [4.78, 5) is 24.0. The summed E-state index contributed by atoms with van der Waals surface area (Å²) in [7, 11) is 1.44. The number of hydrogen-bond acceptors (Lipinski definition) is 5.